The van der Waals surface area contributed by atoms with Crippen LogP contribution in [0.1, 0.15) is 11.5 Å². The van der Waals surface area contributed by atoms with Gasteiger partial charge in [-0.05, 0) is 12.1 Å². The van der Waals surface area contributed by atoms with Gasteiger partial charge in [-0.25, -0.2) is 0 Å². The highest BCUT2D eigenvalue weighted by molar-refractivity contribution is 9.10. The van der Waals surface area contributed by atoms with Gasteiger partial charge in [-0.2, -0.15) is 0 Å². The third-order valence-electron chi connectivity index (χ3n) is 2.08. The van der Waals surface area contributed by atoms with Gasteiger partial charge < -0.3 is 9.84 Å². The monoisotopic (exact) mass is 228 g/mol. The van der Waals surface area contributed by atoms with Gasteiger partial charge >= 0.3 is 0 Å². The number of halogens is 1. The van der Waals surface area contributed by atoms with Crippen LogP contribution in [-0.4, -0.2) is 18.3 Å². The largest absolute Gasteiger partial charge is 0.493 e. The van der Waals surface area contributed by atoms with Gasteiger partial charge in [0.15, 0.2) is 0 Å². The third kappa shape index (κ3) is 1.23. The van der Waals surface area contributed by atoms with Crippen molar-refractivity contribution in [2.24, 2.45) is 0 Å². The first kappa shape index (κ1) is 8.08. The van der Waals surface area contributed by atoms with E-state index < -0.39 is 0 Å². The lowest BCUT2D eigenvalue weighted by atomic mass is 10.0. The molecule has 0 bridgehead atoms. The first-order valence-electron chi connectivity index (χ1n) is 3.84. The highest BCUT2D eigenvalue weighted by Crippen LogP contribution is 2.35. The molecule has 1 N–H and O–H groups in total. The van der Waals surface area contributed by atoms with Crippen molar-refractivity contribution in [2.45, 2.75) is 5.92 Å². The van der Waals surface area contributed by atoms with Gasteiger partial charge in [0, 0.05) is 16.0 Å². The van der Waals surface area contributed by atoms with Crippen molar-refractivity contribution >= 4 is 15.9 Å². The lowest BCUT2D eigenvalue weighted by molar-refractivity contribution is 0.232. The quantitative estimate of drug-likeness (QED) is 0.797. The van der Waals surface area contributed by atoms with Gasteiger partial charge in [-0.3, -0.25) is 0 Å². The van der Waals surface area contributed by atoms with E-state index in [1.165, 1.54) is 0 Å². The molecule has 0 radical (unpaired) electrons. The average Bonchev–Trinajstić information content (AvgIpc) is 2.46. The highest BCUT2D eigenvalue weighted by atomic mass is 79.9. The molecule has 0 amide bonds. The first-order chi connectivity index (χ1) is 5.81. The van der Waals surface area contributed by atoms with Crippen molar-refractivity contribution in [3.8, 4) is 5.75 Å². The van der Waals surface area contributed by atoms with Crippen molar-refractivity contribution in [1.82, 2.24) is 0 Å². The predicted molar refractivity (Wildman–Crippen MR) is 49.5 cm³/mol. The number of ether oxygens (including phenoxy) is 1. The molecular weight excluding hydrogens is 220 g/mol. The van der Waals surface area contributed by atoms with E-state index in [1.807, 2.05) is 18.2 Å². The second-order valence-electron chi connectivity index (χ2n) is 2.87. The average molecular weight is 229 g/mol. The molecule has 3 heteroatoms. The minimum Gasteiger partial charge on any atom is -0.493 e. The van der Waals surface area contributed by atoms with Crippen LogP contribution in [0, 0.1) is 0 Å². The van der Waals surface area contributed by atoms with E-state index in [2.05, 4.69) is 15.9 Å². The van der Waals surface area contributed by atoms with Crippen LogP contribution >= 0.6 is 15.9 Å². The summed E-state index contributed by atoms with van der Waals surface area (Å²) >= 11 is 3.36. The van der Waals surface area contributed by atoms with E-state index in [9.17, 15) is 0 Å². The van der Waals surface area contributed by atoms with Crippen LogP contribution in [0.2, 0.25) is 0 Å². The van der Waals surface area contributed by atoms with Crippen LogP contribution in [0.5, 0.6) is 5.75 Å². The first-order valence-corrected chi connectivity index (χ1v) is 4.63. The molecule has 1 heterocycles. The number of rotatable bonds is 1. The van der Waals surface area contributed by atoms with Crippen LogP contribution in [0.25, 0.3) is 0 Å². The maximum absolute atomic E-state index is 8.99. The second-order valence-corrected chi connectivity index (χ2v) is 3.79. The summed E-state index contributed by atoms with van der Waals surface area (Å²) in [5.74, 6) is 1.05. The fraction of sp³-hybridized carbons (Fsp3) is 0.333. The summed E-state index contributed by atoms with van der Waals surface area (Å²) in [7, 11) is 0. The smallest absolute Gasteiger partial charge is 0.124 e. The normalized spacial score (nSPS) is 20.3. The maximum Gasteiger partial charge on any atom is 0.124 e. The Balaban J connectivity index is 2.40. The standard InChI is InChI=1S/C9H9BrO2/c10-7-1-2-8-6(4-11)5-12-9(8)3-7/h1-3,6,11H,4-5H2/t6-/m0/s1. The van der Waals surface area contributed by atoms with Crippen molar-refractivity contribution in [3.63, 3.8) is 0 Å². The second kappa shape index (κ2) is 3.07. The van der Waals surface area contributed by atoms with Gasteiger partial charge in [-0.1, -0.05) is 22.0 Å². The molecule has 1 aromatic rings. The molecule has 0 saturated heterocycles. The number of fused-ring (bicyclic) bond motifs is 1. The SMILES string of the molecule is OC[C@H]1COc2cc(Br)ccc21. The molecule has 0 unspecified atom stereocenters. The Morgan fingerprint density at radius 1 is 1.58 bits per heavy atom. The molecule has 1 aliphatic heterocycles. The molecule has 0 spiro atoms. The fourth-order valence-corrected chi connectivity index (χ4v) is 1.74. The molecule has 2 nitrogen and oxygen atoms in total. The molecule has 0 aliphatic carbocycles. The van der Waals surface area contributed by atoms with Crippen molar-refractivity contribution in [3.05, 3.63) is 28.2 Å². The van der Waals surface area contributed by atoms with E-state index in [4.69, 9.17) is 9.84 Å². The summed E-state index contributed by atoms with van der Waals surface area (Å²) in [4.78, 5) is 0. The predicted octanol–water partition coefficient (Wildman–Crippen LogP) is 1.92. The van der Waals surface area contributed by atoms with Gasteiger partial charge in [0.05, 0.1) is 13.2 Å². The molecule has 1 aromatic carbocycles. The van der Waals surface area contributed by atoms with Crippen LogP contribution in [0.4, 0.5) is 0 Å². The Hall–Kier alpha value is -0.540. The topological polar surface area (TPSA) is 29.5 Å². The van der Waals surface area contributed by atoms with Crippen molar-refractivity contribution in [1.29, 1.82) is 0 Å². The molecule has 12 heavy (non-hydrogen) atoms. The molecule has 2 rings (SSSR count). The molecule has 0 saturated carbocycles. The summed E-state index contributed by atoms with van der Waals surface area (Å²) in [5, 5.41) is 8.99. The maximum atomic E-state index is 8.99. The molecule has 1 aliphatic rings. The van der Waals surface area contributed by atoms with E-state index in [-0.39, 0.29) is 12.5 Å². The van der Waals surface area contributed by atoms with Crippen LogP contribution in [-0.2, 0) is 0 Å². The lowest BCUT2D eigenvalue weighted by Gasteiger charge is -2.02. The zero-order valence-electron chi connectivity index (χ0n) is 6.46. The molecule has 0 aromatic heterocycles. The number of benzene rings is 1. The number of hydrogen-bond donors (Lipinski definition) is 1. The number of aliphatic hydroxyl groups excluding tert-OH is 1. The zero-order chi connectivity index (χ0) is 8.55. The van der Waals surface area contributed by atoms with Crippen molar-refractivity contribution < 1.29 is 9.84 Å². The van der Waals surface area contributed by atoms with Gasteiger partial charge in [0.25, 0.3) is 0 Å². The molecule has 64 valence electrons. The summed E-state index contributed by atoms with van der Waals surface area (Å²) < 4.78 is 6.41. The Morgan fingerprint density at radius 2 is 2.42 bits per heavy atom. The Morgan fingerprint density at radius 3 is 3.17 bits per heavy atom. The zero-order valence-corrected chi connectivity index (χ0v) is 8.04. The van der Waals surface area contributed by atoms with Gasteiger partial charge in [-0.15, -0.1) is 0 Å². The number of aliphatic hydroxyl groups is 1. The Bertz CT molecular complexity index is 299. The molecular formula is C9H9BrO2. The summed E-state index contributed by atoms with van der Waals surface area (Å²) in [6.07, 6.45) is 0. The van der Waals surface area contributed by atoms with Crippen molar-refractivity contribution in [2.75, 3.05) is 13.2 Å². The van der Waals surface area contributed by atoms with Crippen LogP contribution in [0.15, 0.2) is 22.7 Å². The Kier molecular flexibility index (Phi) is 2.07. The van der Waals surface area contributed by atoms with Gasteiger partial charge in [0.1, 0.15) is 5.75 Å². The Labute approximate surface area is 79.3 Å². The highest BCUT2D eigenvalue weighted by Gasteiger charge is 2.22. The number of hydrogen-bond acceptors (Lipinski definition) is 2. The van der Waals surface area contributed by atoms with E-state index in [1.54, 1.807) is 0 Å². The third-order valence-corrected chi connectivity index (χ3v) is 2.57. The van der Waals surface area contributed by atoms with E-state index >= 15 is 0 Å². The molecule has 0 fully saturated rings. The summed E-state index contributed by atoms with van der Waals surface area (Å²) in [5.41, 5.74) is 1.11. The van der Waals surface area contributed by atoms with Gasteiger partial charge in [0.2, 0.25) is 0 Å². The summed E-state index contributed by atoms with van der Waals surface area (Å²) in [6.45, 7) is 0.761. The molecule has 1 atom stereocenters. The van der Waals surface area contributed by atoms with E-state index in [0.29, 0.717) is 6.61 Å². The fourth-order valence-electron chi connectivity index (χ4n) is 1.40. The minimum absolute atomic E-state index is 0.160. The minimum atomic E-state index is 0.160. The summed E-state index contributed by atoms with van der Waals surface area (Å²) in [6, 6.07) is 5.90. The van der Waals surface area contributed by atoms with Crippen LogP contribution in [0.3, 0.4) is 0 Å². The lowest BCUT2D eigenvalue weighted by Crippen LogP contribution is -2.04. The van der Waals surface area contributed by atoms with Crippen LogP contribution < -0.4 is 4.74 Å². The van der Waals surface area contributed by atoms with E-state index in [0.717, 1.165) is 15.8 Å².